The molecule has 0 N–H and O–H groups in total. The van der Waals surface area contributed by atoms with Gasteiger partial charge in [0.2, 0.25) is 5.88 Å². The van der Waals surface area contributed by atoms with E-state index >= 15 is 0 Å². The minimum absolute atomic E-state index is 0. The number of carboxylic acids is 1. The number of hydrogen-bond acceptors (Lipinski definition) is 5. The summed E-state index contributed by atoms with van der Waals surface area (Å²) in [5.41, 5.74) is 4.34. The quantitative estimate of drug-likeness (QED) is 0.480. The van der Waals surface area contributed by atoms with E-state index in [2.05, 4.69) is 17.1 Å². The number of methoxy groups -OCH3 is 1. The Bertz CT molecular complexity index is 1210. The molecule has 5 nitrogen and oxygen atoms in total. The van der Waals surface area contributed by atoms with Gasteiger partial charge in [-0.05, 0) is 65.8 Å². The maximum Gasteiger partial charge on any atom is 1.00 e. The number of aryl methyl sites for hydroxylation is 1. The van der Waals surface area contributed by atoms with E-state index in [4.69, 9.17) is 9.47 Å². The second-order valence-electron chi connectivity index (χ2n) is 9.31. The minimum Gasteiger partial charge on any atom is -0.550 e. The van der Waals surface area contributed by atoms with Crippen molar-refractivity contribution < 1.29 is 53.3 Å². The summed E-state index contributed by atoms with van der Waals surface area (Å²) >= 11 is 0. The van der Waals surface area contributed by atoms with Gasteiger partial charge in [-0.1, -0.05) is 43.3 Å². The molecular formula is C28H27FNNaO4. The monoisotopic (exact) mass is 483 g/mol. The van der Waals surface area contributed by atoms with Crippen LogP contribution in [0.5, 0.6) is 11.6 Å². The number of benzene rings is 2. The minimum atomic E-state index is -1.00. The summed E-state index contributed by atoms with van der Waals surface area (Å²) < 4.78 is 25.8. The van der Waals surface area contributed by atoms with Crippen LogP contribution in [-0.4, -0.2) is 18.1 Å². The van der Waals surface area contributed by atoms with Crippen LogP contribution in [0.25, 0.3) is 11.1 Å². The fraction of sp³-hybridized carbons (Fsp3) is 0.357. The van der Waals surface area contributed by atoms with Crippen molar-refractivity contribution in [3.63, 3.8) is 0 Å². The van der Waals surface area contributed by atoms with Gasteiger partial charge in [0.25, 0.3) is 0 Å². The van der Waals surface area contributed by atoms with Gasteiger partial charge in [-0.25, -0.2) is 9.37 Å². The molecule has 1 fully saturated rings. The fourth-order valence-corrected chi connectivity index (χ4v) is 5.03. The molecule has 2 heterocycles. The Morgan fingerprint density at radius 2 is 1.89 bits per heavy atom. The van der Waals surface area contributed by atoms with Crippen molar-refractivity contribution in [3.8, 4) is 22.8 Å². The average molecular weight is 484 g/mol. The van der Waals surface area contributed by atoms with E-state index in [1.807, 2.05) is 30.3 Å². The van der Waals surface area contributed by atoms with Gasteiger partial charge in [0.15, 0.2) is 0 Å². The molecule has 5 rings (SSSR count). The predicted molar refractivity (Wildman–Crippen MR) is 124 cm³/mol. The molecule has 0 amide bonds. The van der Waals surface area contributed by atoms with Crippen LogP contribution in [0.2, 0.25) is 0 Å². The van der Waals surface area contributed by atoms with E-state index in [-0.39, 0.29) is 41.6 Å². The molecule has 2 aromatic carbocycles. The van der Waals surface area contributed by atoms with E-state index in [0.717, 1.165) is 59.9 Å². The van der Waals surface area contributed by atoms with Crippen LogP contribution in [0, 0.1) is 17.7 Å². The summed E-state index contributed by atoms with van der Waals surface area (Å²) in [5.74, 6) is -0.419. The van der Waals surface area contributed by atoms with Crippen molar-refractivity contribution in [3.05, 3.63) is 77.2 Å². The molecule has 1 aliphatic heterocycles. The molecule has 1 aliphatic carbocycles. The number of pyridine rings is 1. The first-order valence-electron chi connectivity index (χ1n) is 11.7. The van der Waals surface area contributed by atoms with Crippen molar-refractivity contribution in [2.24, 2.45) is 11.8 Å². The fourth-order valence-electron chi connectivity index (χ4n) is 5.03. The van der Waals surface area contributed by atoms with Crippen LogP contribution in [0.4, 0.5) is 4.39 Å². The molecule has 0 radical (unpaired) electrons. The zero-order valence-electron chi connectivity index (χ0n) is 20.3. The third-order valence-corrected chi connectivity index (χ3v) is 7.09. The number of carbonyl (C=O) groups is 1. The predicted octanol–water partition coefficient (Wildman–Crippen LogP) is 1.85. The largest absolute Gasteiger partial charge is 1.00 e. The zero-order valence-corrected chi connectivity index (χ0v) is 22.3. The summed E-state index contributed by atoms with van der Waals surface area (Å²) in [4.78, 5) is 15.5. The van der Waals surface area contributed by atoms with Gasteiger partial charge < -0.3 is 19.4 Å². The molecule has 1 aromatic heterocycles. The van der Waals surface area contributed by atoms with Gasteiger partial charge in [0, 0.05) is 23.5 Å². The van der Waals surface area contributed by atoms with Crippen LogP contribution in [0.1, 0.15) is 54.9 Å². The van der Waals surface area contributed by atoms with Gasteiger partial charge in [0.1, 0.15) is 17.7 Å². The van der Waals surface area contributed by atoms with Crippen LogP contribution < -0.4 is 44.1 Å². The molecule has 2 aliphatic rings. The van der Waals surface area contributed by atoms with E-state index in [1.165, 1.54) is 7.11 Å². The Labute approximate surface area is 227 Å². The van der Waals surface area contributed by atoms with Gasteiger partial charge >= 0.3 is 29.6 Å². The van der Waals surface area contributed by atoms with Gasteiger partial charge in [-0.2, -0.15) is 0 Å². The normalized spacial score (nSPS) is 18.4. The summed E-state index contributed by atoms with van der Waals surface area (Å²) in [6, 6.07) is 15.4. The molecule has 3 aromatic rings. The number of hydrogen-bond donors (Lipinski definition) is 0. The Morgan fingerprint density at radius 1 is 1.14 bits per heavy atom. The Balaban J connectivity index is 0.00000289. The first-order chi connectivity index (χ1) is 16.4. The van der Waals surface area contributed by atoms with Crippen molar-refractivity contribution in [2.75, 3.05) is 7.11 Å². The third-order valence-electron chi connectivity index (χ3n) is 7.09. The number of fused-ring (bicyclic) bond motifs is 1. The number of carboxylic acid groups (broad SMARTS) is 1. The third kappa shape index (κ3) is 5.40. The number of aliphatic carboxylic acids is 1. The van der Waals surface area contributed by atoms with Crippen molar-refractivity contribution in [1.29, 1.82) is 0 Å². The van der Waals surface area contributed by atoms with Gasteiger partial charge in [-0.15, -0.1) is 0 Å². The second-order valence-corrected chi connectivity index (χ2v) is 9.31. The molecule has 3 atom stereocenters. The summed E-state index contributed by atoms with van der Waals surface area (Å²) in [7, 11) is 1.50. The smallest absolute Gasteiger partial charge is 0.550 e. The molecule has 0 spiro atoms. The van der Waals surface area contributed by atoms with Crippen LogP contribution in [0.15, 0.2) is 54.7 Å². The van der Waals surface area contributed by atoms with Gasteiger partial charge in [0.05, 0.1) is 13.3 Å². The Hall–Kier alpha value is -2.41. The number of rotatable bonds is 7. The van der Waals surface area contributed by atoms with Crippen molar-refractivity contribution in [1.82, 2.24) is 4.98 Å². The van der Waals surface area contributed by atoms with E-state index < -0.39 is 17.7 Å². The van der Waals surface area contributed by atoms with E-state index in [1.54, 1.807) is 13.0 Å². The number of nitrogens with zero attached hydrogens (tertiary/aromatic N) is 1. The molecule has 0 bridgehead atoms. The van der Waals surface area contributed by atoms with Crippen LogP contribution in [-0.2, 0) is 11.2 Å². The number of ether oxygens (including phenoxy) is 2. The summed E-state index contributed by atoms with van der Waals surface area (Å²) in [6.07, 6.45) is 4.87. The summed E-state index contributed by atoms with van der Waals surface area (Å²) in [5, 5.41) is 11.6. The second kappa shape index (κ2) is 10.7. The molecule has 1 saturated carbocycles. The molecule has 35 heavy (non-hydrogen) atoms. The van der Waals surface area contributed by atoms with Crippen molar-refractivity contribution >= 4 is 5.97 Å². The number of halogens is 1. The van der Waals surface area contributed by atoms with E-state index in [0.29, 0.717) is 17.4 Å². The molecule has 7 heteroatoms. The van der Waals surface area contributed by atoms with Crippen LogP contribution >= 0.6 is 0 Å². The first kappa shape index (κ1) is 25.7. The zero-order chi connectivity index (χ0) is 23.8. The number of carbonyl (C=O) groups excluding carboxylic acids is 1. The van der Waals surface area contributed by atoms with Gasteiger partial charge in [-0.3, -0.25) is 0 Å². The topological polar surface area (TPSA) is 71.5 Å². The first-order valence-corrected chi connectivity index (χ1v) is 11.7. The Morgan fingerprint density at radius 3 is 2.54 bits per heavy atom. The molecule has 176 valence electrons. The molecule has 0 saturated heterocycles. The Kier molecular flexibility index (Phi) is 7.84. The molecular weight excluding hydrogens is 456 g/mol. The molecule has 1 unspecified atom stereocenters. The summed E-state index contributed by atoms with van der Waals surface area (Å²) in [6.45, 7) is 1.74. The van der Waals surface area contributed by atoms with E-state index in [9.17, 15) is 14.3 Å². The maximum absolute atomic E-state index is 14.3. The SMILES string of the molecule is COc1cc(-c2ccc(C3CCc4ccc([C@H](C5CC5)[C@H](C)C(=O)[O-])cc4O3)cc2)c(F)cn1.[Na+]. The standard InChI is InChI=1S/C28H28FNO4.Na/c1-16(28(31)32)27(20-8-9-20)21-10-7-19-11-12-24(34-25(19)13-21)18-5-3-17(4-6-18)22-14-26(33-2)30-15-23(22)29;/h3-7,10,13-16,20,24,27H,8-9,11-12H2,1-2H3,(H,31,32);/q;+1/p-1/t16-,24?,27-;/m0./s1. The maximum atomic E-state index is 14.3. The average Bonchev–Trinajstić information content (AvgIpc) is 3.69. The van der Waals surface area contributed by atoms with Crippen LogP contribution in [0.3, 0.4) is 0 Å². The number of aromatic nitrogens is 1. The van der Waals surface area contributed by atoms with Crippen molar-refractivity contribution in [2.45, 2.75) is 44.6 Å².